The highest BCUT2D eigenvalue weighted by Gasteiger charge is 2.18. The number of carbonyl (C=O) groups is 1. The van der Waals surface area contributed by atoms with E-state index in [1.54, 1.807) is 4.52 Å². The molecule has 1 amide bonds. The van der Waals surface area contributed by atoms with E-state index in [1.165, 1.54) is 17.3 Å². The number of fused-ring (bicyclic) bond motifs is 1. The summed E-state index contributed by atoms with van der Waals surface area (Å²) >= 11 is 1.34. The third-order valence-corrected chi connectivity index (χ3v) is 5.43. The molecule has 7 heteroatoms. The molecule has 0 aliphatic heterocycles. The molecule has 0 fully saturated rings. The molecule has 3 rings (SSSR count). The van der Waals surface area contributed by atoms with Crippen LogP contribution < -0.4 is 5.32 Å². The minimum Gasteiger partial charge on any atom is -0.351 e. The fourth-order valence-electron chi connectivity index (χ4n) is 2.54. The Labute approximate surface area is 157 Å². The predicted molar refractivity (Wildman–Crippen MR) is 103 cm³/mol. The number of hydrogen-bond acceptors (Lipinski definition) is 5. The normalized spacial score (nSPS) is 12.3. The lowest BCUT2D eigenvalue weighted by Gasteiger charge is -2.10. The summed E-state index contributed by atoms with van der Waals surface area (Å²) in [6.07, 6.45) is 0. The van der Waals surface area contributed by atoms with Gasteiger partial charge in [-0.15, -0.1) is 5.10 Å². The van der Waals surface area contributed by atoms with Crippen LogP contribution in [-0.2, 0) is 11.3 Å². The lowest BCUT2D eigenvalue weighted by molar-refractivity contribution is -0.120. The molecule has 0 bridgehead atoms. The third-order valence-electron chi connectivity index (χ3n) is 4.48. The van der Waals surface area contributed by atoms with E-state index in [0.717, 1.165) is 22.5 Å². The number of thioether (sulfide) groups is 1. The van der Waals surface area contributed by atoms with Gasteiger partial charge in [-0.3, -0.25) is 4.79 Å². The van der Waals surface area contributed by atoms with Crippen LogP contribution >= 0.6 is 11.8 Å². The fourth-order valence-corrected chi connectivity index (χ4v) is 3.31. The molecule has 0 saturated carbocycles. The van der Waals surface area contributed by atoms with Crippen LogP contribution in [0, 0.1) is 27.7 Å². The first kappa shape index (κ1) is 18.4. The Hall–Kier alpha value is -2.41. The summed E-state index contributed by atoms with van der Waals surface area (Å²) in [4.78, 5) is 21.3. The van der Waals surface area contributed by atoms with E-state index in [-0.39, 0.29) is 11.2 Å². The highest BCUT2D eigenvalue weighted by Crippen LogP contribution is 2.21. The summed E-state index contributed by atoms with van der Waals surface area (Å²) < 4.78 is 1.74. The van der Waals surface area contributed by atoms with E-state index in [0.29, 0.717) is 17.5 Å². The summed E-state index contributed by atoms with van der Waals surface area (Å²) in [6.45, 7) is 10.4. The first-order valence-corrected chi connectivity index (χ1v) is 9.43. The SMILES string of the molecule is Cc1ccc(CNC(=O)C(C)Sc2nc3nc(C)c(C)c(C)n3n2)cc1. The molecule has 136 valence electrons. The molecule has 1 N–H and O–H groups in total. The summed E-state index contributed by atoms with van der Waals surface area (Å²) in [5, 5.41) is 7.72. The monoisotopic (exact) mass is 369 g/mol. The van der Waals surface area contributed by atoms with Crippen molar-refractivity contribution in [2.75, 3.05) is 0 Å². The molecule has 6 nitrogen and oxygen atoms in total. The molecule has 2 heterocycles. The number of aryl methyl sites for hydroxylation is 3. The van der Waals surface area contributed by atoms with E-state index in [1.807, 2.05) is 58.9 Å². The molecular formula is C19H23N5OS. The van der Waals surface area contributed by atoms with Gasteiger partial charge >= 0.3 is 0 Å². The van der Waals surface area contributed by atoms with Crippen molar-refractivity contribution in [1.29, 1.82) is 0 Å². The highest BCUT2D eigenvalue weighted by molar-refractivity contribution is 8.00. The van der Waals surface area contributed by atoms with E-state index in [4.69, 9.17) is 0 Å². The van der Waals surface area contributed by atoms with Gasteiger partial charge in [-0.1, -0.05) is 41.6 Å². The topological polar surface area (TPSA) is 72.2 Å². The van der Waals surface area contributed by atoms with Crippen LogP contribution in [0.15, 0.2) is 29.4 Å². The molecule has 3 aromatic rings. The third kappa shape index (κ3) is 3.88. The molecule has 26 heavy (non-hydrogen) atoms. The van der Waals surface area contributed by atoms with Crippen molar-refractivity contribution in [3.05, 3.63) is 52.3 Å². The average Bonchev–Trinajstić information content (AvgIpc) is 3.01. The summed E-state index contributed by atoms with van der Waals surface area (Å²) in [5.74, 6) is 0.534. The van der Waals surface area contributed by atoms with Crippen LogP contribution in [0.25, 0.3) is 5.78 Å². The van der Waals surface area contributed by atoms with Crippen molar-refractivity contribution in [3.8, 4) is 0 Å². The van der Waals surface area contributed by atoms with Crippen LogP contribution in [0.4, 0.5) is 0 Å². The maximum absolute atomic E-state index is 12.4. The first-order valence-electron chi connectivity index (χ1n) is 8.55. The van der Waals surface area contributed by atoms with E-state index in [2.05, 4.69) is 20.4 Å². The number of carbonyl (C=O) groups excluding carboxylic acids is 1. The van der Waals surface area contributed by atoms with Gasteiger partial charge in [0.2, 0.25) is 11.1 Å². The van der Waals surface area contributed by atoms with Crippen LogP contribution in [0.2, 0.25) is 0 Å². The van der Waals surface area contributed by atoms with Crippen LogP contribution in [0.5, 0.6) is 0 Å². The van der Waals surface area contributed by atoms with E-state index in [9.17, 15) is 4.79 Å². The zero-order valence-corrected chi connectivity index (χ0v) is 16.5. The van der Waals surface area contributed by atoms with Gasteiger partial charge in [0.15, 0.2) is 0 Å². The van der Waals surface area contributed by atoms with Crippen molar-refractivity contribution in [3.63, 3.8) is 0 Å². The van der Waals surface area contributed by atoms with Crippen LogP contribution in [0.1, 0.15) is 35.0 Å². The standard InChI is InChI=1S/C19H23N5OS/c1-11-6-8-16(9-7-11)10-20-17(25)15(5)26-19-22-18-21-13(3)12(2)14(4)24(18)23-19/h6-9,15H,10H2,1-5H3,(H,20,25). The largest absolute Gasteiger partial charge is 0.351 e. The second-order valence-electron chi connectivity index (χ2n) is 6.48. The zero-order valence-electron chi connectivity index (χ0n) is 15.7. The maximum atomic E-state index is 12.4. The van der Waals surface area contributed by atoms with E-state index >= 15 is 0 Å². The van der Waals surface area contributed by atoms with Gasteiger partial charge in [-0.2, -0.15) is 4.98 Å². The quantitative estimate of drug-likeness (QED) is 0.700. The van der Waals surface area contributed by atoms with Gasteiger partial charge in [0.05, 0.1) is 5.25 Å². The van der Waals surface area contributed by atoms with Crippen LogP contribution in [0.3, 0.4) is 0 Å². The van der Waals surface area contributed by atoms with Crippen molar-refractivity contribution in [1.82, 2.24) is 24.9 Å². The van der Waals surface area contributed by atoms with Gasteiger partial charge < -0.3 is 5.32 Å². The zero-order chi connectivity index (χ0) is 18.8. The van der Waals surface area contributed by atoms with Crippen molar-refractivity contribution in [2.24, 2.45) is 0 Å². The van der Waals surface area contributed by atoms with Gasteiger partial charge in [0, 0.05) is 17.9 Å². The predicted octanol–water partition coefficient (Wildman–Crippen LogP) is 3.15. The molecular weight excluding hydrogens is 346 g/mol. The smallest absolute Gasteiger partial charge is 0.253 e. The van der Waals surface area contributed by atoms with Gasteiger partial charge in [-0.25, -0.2) is 9.50 Å². The average molecular weight is 369 g/mol. The summed E-state index contributed by atoms with van der Waals surface area (Å²) in [5.41, 5.74) is 5.35. The summed E-state index contributed by atoms with van der Waals surface area (Å²) in [7, 11) is 0. The van der Waals surface area contributed by atoms with Gasteiger partial charge in [0.25, 0.3) is 5.78 Å². The van der Waals surface area contributed by atoms with Crippen LogP contribution in [-0.4, -0.2) is 30.7 Å². The molecule has 0 saturated heterocycles. The van der Waals surface area contributed by atoms with Crippen molar-refractivity contribution >= 4 is 23.4 Å². The molecule has 1 aromatic carbocycles. The second kappa shape index (κ2) is 7.45. The molecule has 0 spiro atoms. The number of nitrogens with one attached hydrogen (secondary N) is 1. The molecule has 1 unspecified atom stereocenters. The number of aromatic nitrogens is 4. The Bertz CT molecular complexity index is 949. The minimum absolute atomic E-state index is 0.0357. The lowest BCUT2D eigenvalue weighted by atomic mass is 10.1. The Kier molecular flexibility index (Phi) is 5.27. The molecule has 1 atom stereocenters. The number of hydrogen-bond donors (Lipinski definition) is 1. The molecule has 2 aromatic heterocycles. The molecule has 0 aliphatic rings. The number of benzene rings is 1. The Morgan fingerprint density at radius 3 is 2.54 bits per heavy atom. The number of nitrogens with zero attached hydrogens (tertiary/aromatic N) is 4. The Balaban J connectivity index is 1.66. The summed E-state index contributed by atoms with van der Waals surface area (Å²) in [6, 6.07) is 8.13. The van der Waals surface area contributed by atoms with Crippen molar-refractivity contribution in [2.45, 2.75) is 51.6 Å². The Morgan fingerprint density at radius 1 is 1.15 bits per heavy atom. The fraction of sp³-hybridized carbons (Fsp3) is 0.368. The first-order chi connectivity index (χ1) is 12.3. The Morgan fingerprint density at radius 2 is 1.85 bits per heavy atom. The lowest BCUT2D eigenvalue weighted by Crippen LogP contribution is -2.30. The van der Waals surface area contributed by atoms with Gasteiger partial charge in [0.1, 0.15) is 0 Å². The minimum atomic E-state index is -0.291. The highest BCUT2D eigenvalue weighted by atomic mass is 32.2. The molecule has 0 radical (unpaired) electrons. The van der Waals surface area contributed by atoms with Gasteiger partial charge in [-0.05, 0) is 45.7 Å². The number of amides is 1. The molecule has 0 aliphatic carbocycles. The second-order valence-corrected chi connectivity index (χ2v) is 7.79. The number of rotatable bonds is 5. The maximum Gasteiger partial charge on any atom is 0.253 e. The van der Waals surface area contributed by atoms with E-state index < -0.39 is 0 Å². The van der Waals surface area contributed by atoms with Crippen molar-refractivity contribution < 1.29 is 4.79 Å².